The lowest BCUT2D eigenvalue weighted by Crippen LogP contribution is -2.70. The van der Waals surface area contributed by atoms with Gasteiger partial charge in [-0.05, 0) is 0 Å². The van der Waals surface area contributed by atoms with E-state index < -0.39 is 230 Å². The molecule has 5 aliphatic rings. The van der Waals surface area contributed by atoms with Gasteiger partial charge in [0.25, 0.3) is 0 Å². The predicted octanol–water partition coefficient (Wildman–Crippen LogP) is -12.2. The van der Waals surface area contributed by atoms with Crippen molar-refractivity contribution in [1.29, 1.82) is 0 Å². The minimum absolute atomic E-state index is 0.662. The smallest absolute Gasteiger partial charge is 0.217 e. The molecule has 5 rings (SSSR count). The third kappa shape index (κ3) is 14.3. The maximum absolute atomic E-state index is 12.7. The number of methoxy groups -OCH3 is 2. The van der Waals surface area contributed by atoms with Gasteiger partial charge >= 0.3 is 0 Å². The molecule has 0 aliphatic carbocycles. The summed E-state index contributed by atoms with van der Waals surface area (Å²) in [7, 11) is 2.25. The molecular formula is C41H72N2O30. The summed E-state index contributed by atoms with van der Waals surface area (Å²) in [5.74, 6) is -1.60. The van der Waals surface area contributed by atoms with Crippen LogP contribution in [0.5, 0.6) is 0 Å². The maximum atomic E-state index is 12.7. The van der Waals surface area contributed by atoms with E-state index in [0.29, 0.717) is 0 Å². The van der Waals surface area contributed by atoms with E-state index in [1.54, 1.807) is 0 Å². The molecule has 5 heterocycles. The molecule has 0 aromatic carbocycles. The van der Waals surface area contributed by atoms with Gasteiger partial charge in [-0.3, -0.25) is 9.59 Å². The molecule has 5 saturated heterocycles. The second-order valence-electron chi connectivity index (χ2n) is 18.0. The normalized spacial score (nSPS) is 44.2. The van der Waals surface area contributed by atoms with E-state index in [2.05, 4.69) is 10.6 Å². The number of aliphatic hydroxyl groups excluding tert-OH is 16. The standard InChI is InChI=1S/C41H72N2O30/c1-12(49)42-14(5-44)22(53)31(15(51)6-45)70-37-21(43-13(2)50)27(58)32(19(9-48)68-37)71-41-36(73-38-28(59)23(54)16(52)10-64-38)35(72-40-30(61)34(63-4)25(56)18(8-47)67-40)26(57)20(69-41)11-65-39-29(60)33(62-3)24(55)17(7-46)66-39/h14-41,44-48,51-61H,5-11H2,1-4H3,(H,42,49)(H,43,50)/t14-,15+,16+,17+,18+,19+,20+,21+,22+,23-,24+,25+,26+,27+,28+,29-,30-,31+,32+,33-,34-,35-,36-,37-,38-,39-,40+,41-/m0/s1. The Morgan fingerprint density at radius 2 is 1.07 bits per heavy atom. The molecule has 2 amide bonds. The molecule has 0 spiro atoms. The fraction of sp³-hybridized carbons (Fsp3) is 0.951. The van der Waals surface area contributed by atoms with Crippen molar-refractivity contribution in [2.24, 2.45) is 0 Å². The highest BCUT2D eigenvalue weighted by Crippen LogP contribution is 2.37. The monoisotopic (exact) mass is 1070 g/mol. The molecule has 28 atom stereocenters. The number of hydrogen-bond acceptors (Lipinski definition) is 30. The molecule has 0 unspecified atom stereocenters. The van der Waals surface area contributed by atoms with Gasteiger partial charge in [-0.25, -0.2) is 0 Å². The number of carbonyl (C=O) groups is 2. The lowest BCUT2D eigenvalue weighted by Gasteiger charge is -2.51. The second-order valence-corrected chi connectivity index (χ2v) is 18.0. The molecule has 426 valence electrons. The molecule has 18 N–H and O–H groups in total. The fourth-order valence-electron chi connectivity index (χ4n) is 9.03. The van der Waals surface area contributed by atoms with E-state index in [9.17, 15) is 91.3 Å². The van der Waals surface area contributed by atoms with Crippen LogP contribution in [0.15, 0.2) is 0 Å². The maximum Gasteiger partial charge on any atom is 0.217 e. The van der Waals surface area contributed by atoms with Gasteiger partial charge in [-0.1, -0.05) is 0 Å². The van der Waals surface area contributed by atoms with Crippen molar-refractivity contribution in [3.8, 4) is 0 Å². The number of carbonyl (C=O) groups excluding carboxylic acids is 2. The van der Waals surface area contributed by atoms with E-state index in [1.807, 2.05) is 0 Å². The van der Waals surface area contributed by atoms with Crippen LogP contribution in [-0.4, -0.2) is 326 Å². The van der Waals surface area contributed by atoms with Crippen LogP contribution in [0, 0.1) is 0 Å². The lowest BCUT2D eigenvalue weighted by atomic mass is 9.94. The summed E-state index contributed by atoms with van der Waals surface area (Å²) >= 11 is 0. The van der Waals surface area contributed by atoms with Gasteiger partial charge in [0.15, 0.2) is 31.5 Å². The molecular weight excluding hydrogens is 1000 g/mol. The van der Waals surface area contributed by atoms with Gasteiger partial charge < -0.3 is 149 Å². The van der Waals surface area contributed by atoms with Gasteiger partial charge in [0.05, 0.1) is 52.3 Å². The average molecular weight is 1070 g/mol. The van der Waals surface area contributed by atoms with Crippen LogP contribution in [0.3, 0.4) is 0 Å². The quantitative estimate of drug-likeness (QED) is 0.0452. The van der Waals surface area contributed by atoms with Gasteiger partial charge in [0.2, 0.25) is 11.8 Å². The van der Waals surface area contributed by atoms with Crippen LogP contribution in [0.25, 0.3) is 0 Å². The van der Waals surface area contributed by atoms with Crippen LogP contribution >= 0.6 is 0 Å². The van der Waals surface area contributed by atoms with E-state index in [0.717, 1.165) is 28.1 Å². The van der Waals surface area contributed by atoms with Crippen LogP contribution in [0.2, 0.25) is 0 Å². The molecule has 0 aromatic heterocycles. The minimum Gasteiger partial charge on any atom is -0.394 e. The number of nitrogens with one attached hydrogen (secondary N) is 2. The van der Waals surface area contributed by atoms with Gasteiger partial charge in [0.1, 0.15) is 134 Å². The summed E-state index contributed by atoms with van der Waals surface area (Å²) in [6.07, 6.45) is -48.1. The minimum atomic E-state index is -2.17. The molecule has 0 radical (unpaired) electrons. The zero-order chi connectivity index (χ0) is 54.2. The molecule has 32 nitrogen and oxygen atoms in total. The summed E-state index contributed by atoms with van der Waals surface area (Å²) in [4.78, 5) is 24.6. The molecule has 73 heavy (non-hydrogen) atoms. The zero-order valence-electron chi connectivity index (χ0n) is 40.0. The summed E-state index contributed by atoms with van der Waals surface area (Å²) < 4.78 is 69.6. The highest BCUT2D eigenvalue weighted by atomic mass is 16.8. The number of amides is 2. The van der Waals surface area contributed by atoms with Crippen molar-refractivity contribution in [3.63, 3.8) is 0 Å². The summed E-state index contributed by atoms with van der Waals surface area (Å²) in [6.45, 7) is -4.25. The van der Waals surface area contributed by atoms with E-state index in [1.165, 1.54) is 0 Å². The van der Waals surface area contributed by atoms with Crippen molar-refractivity contribution in [2.45, 2.75) is 186 Å². The van der Waals surface area contributed by atoms with E-state index >= 15 is 0 Å². The third-order valence-corrected chi connectivity index (χ3v) is 13.0. The molecule has 0 aromatic rings. The van der Waals surface area contributed by atoms with E-state index in [-0.39, 0.29) is 0 Å². The Kier molecular flexibility index (Phi) is 23.6. The number of ether oxygens (including phenoxy) is 12. The van der Waals surface area contributed by atoms with Crippen LogP contribution in [-0.2, 0) is 66.4 Å². The Morgan fingerprint density at radius 3 is 1.60 bits per heavy atom. The zero-order valence-corrected chi connectivity index (χ0v) is 40.0. The van der Waals surface area contributed by atoms with Crippen molar-refractivity contribution in [2.75, 3.05) is 60.5 Å². The predicted molar refractivity (Wildman–Crippen MR) is 228 cm³/mol. The lowest BCUT2D eigenvalue weighted by molar-refractivity contribution is -0.403. The Labute approximate surface area is 416 Å². The first-order valence-corrected chi connectivity index (χ1v) is 23.2. The average Bonchev–Trinajstić information content (AvgIpc) is 3.36. The van der Waals surface area contributed by atoms with Crippen LogP contribution in [0.4, 0.5) is 0 Å². The molecule has 32 heteroatoms. The number of hydrogen-bond donors (Lipinski definition) is 18. The Bertz CT molecular complexity index is 1680. The highest BCUT2D eigenvalue weighted by Gasteiger charge is 2.58. The Hall–Kier alpha value is -2.18. The molecule has 5 fully saturated rings. The second kappa shape index (κ2) is 27.9. The summed E-state index contributed by atoms with van der Waals surface area (Å²) in [5, 5.41) is 177. The number of aliphatic hydroxyl groups is 16. The van der Waals surface area contributed by atoms with E-state index in [4.69, 9.17) is 56.8 Å². The topological polar surface area (TPSA) is 493 Å². The van der Waals surface area contributed by atoms with Crippen molar-refractivity contribution in [3.05, 3.63) is 0 Å². The molecule has 0 saturated carbocycles. The van der Waals surface area contributed by atoms with Gasteiger partial charge in [-0.15, -0.1) is 0 Å². The third-order valence-electron chi connectivity index (χ3n) is 13.0. The van der Waals surface area contributed by atoms with Crippen LogP contribution in [0.1, 0.15) is 13.8 Å². The first-order valence-electron chi connectivity index (χ1n) is 23.2. The first-order chi connectivity index (χ1) is 34.6. The number of rotatable bonds is 23. The first kappa shape index (κ1) is 61.7. The summed E-state index contributed by atoms with van der Waals surface area (Å²) in [6, 6.07) is -3.36. The van der Waals surface area contributed by atoms with Crippen molar-refractivity contribution in [1.82, 2.24) is 10.6 Å². The van der Waals surface area contributed by atoms with Crippen molar-refractivity contribution < 1.29 is 148 Å². The molecule has 0 bridgehead atoms. The Morgan fingerprint density at radius 1 is 0.548 bits per heavy atom. The largest absolute Gasteiger partial charge is 0.394 e. The fourth-order valence-corrected chi connectivity index (χ4v) is 9.03. The van der Waals surface area contributed by atoms with Gasteiger partial charge in [-0.2, -0.15) is 0 Å². The van der Waals surface area contributed by atoms with Gasteiger partial charge in [0, 0.05) is 28.1 Å². The Balaban J connectivity index is 1.57. The molecule has 5 aliphatic heterocycles. The summed E-state index contributed by atoms with van der Waals surface area (Å²) in [5.41, 5.74) is 0. The van der Waals surface area contributed by atoms with Crippen molar-refractivity contribution >= 4 is 11.8 Å². The van der Waals surface area contributed by atoms with Crippen LogP contribution < -0.4 is 10.6 Å². The SMILES string of the molecule is CO[C@@H]1[C@H](O)[C@@H](OC[C@H]2O[C@@H](O[C@H]3[C@H](O)[C@@H](NC(C)=O)[C@H](O[C@@H]([C@H](O)[C@H](CO)NC(C)=O)[C@H](O)CO)O[C@@H]3CO)[C@@H](O[C@@H]3OC[C@@H](O)[C@H](O)[C@H]3O)[C@@H](O[C@H]3O[C@H](CO)[C@@H](O)[C@H](OC)[C@@H]3O)[C@@H]2O)O[C@H](CO)[C@H]1O. The highest BCUT2D eigenvalue weighted by molar-refractivity contribution is 5.73.